The van der Waals surface area contributed by atoms with E-state index in [1.165, 1.54) is 23.9 Å². The molecule has 1 unspecified atom stereocenters. The van der Waals surface area contributed by atoms with Crippen LogP contribution in [0.15, 0.2) is 59.7 Å². The second-order valence-corrected chi connectivity index (χ2v) is 10.8. The van der Waals surface area contributed by atoms with Crippen LogP contribution in [-0.4, -0.2) is 34.2 Å². The number of rotatable bonds is 7. The van der Waals surface area contributed by atoms with Crippen molar-refractivity contribution in [2.75, 3.05) is 6.54 Å². The summed E-state index contributed by atoms with van der Waals surface area (Å²) in [6.45, 7) is 9.49. The summed E-state index contributed by atoms with van der Waals surface area (Å²) >= 11 is 1.44. The van der Waals surface area contributed by atoms with Crippen molar-refractivity contribution in [3.05, 3.63) is 71.5 Å². The van der Waals surface area contributed by atoms with E-state index in [1.807, 2.05) is 65.0 Å². The van der Waals surface area contributed by atoms with E-state index in [2.05, 4.69) is 5.32 Å². The summed E-state index contributed by atoms with van der Waals surface area (Å²) in [5.74, 6) is -0.761. The van der Waals surface area contributed by atoms with Crippen molar-refractivity contribution in [3.63, 3.8) is 0 Å². The lowest BCUT2D eigenvalue weighted by Gasteiger charge is -2.36. The highest BCUT2D eigenvalue weighted by atomic mass is 32.2. The van der Waals surface area contributed by atoms with Crippen molar-refractivity contribution in [1.82, 2.24) is 10.3 Å². The molecule has 0 saturated carbocycles. The molecular formula is C26H32FN3O3S. The molecule has 34 heavy (non-hydrogen) atoms. The molecule has 1 heterocycles. The molecule has 6 nitrogen and oxygen atoms in total. The van der Waals surface area contributed by atoms with Gasteiger partial charge >= 0.3 is 6.09 Å². The lowest BCUT2D eigenvalue weighted by atomic mass is 9.99. The van der Waals surface area contributed by atoms with Crippen LogP contribution < -0.4 is 5.32 Å². The average Bonchev–Trinajstić information content (AvgIpc) is 3.16. The Labute approximate surface area is 204 Å². The van der Waals surface area contributed by atoms with Crippen LogP contribution in [0.5, 0.6) is 0 Å². The smallest absolute Gasteiger partial charge is 0.407 e. The van der Waals surface area contributed by atoms with E-state index in [0.29, 0.717) is 30.0 Å². The third kappa shape index (κ3) is 6.17. The van der Waals surface area contributed by atoms with Gasteiger partial charge in [0.05, 0.1) is 0 Å². The molecule has 2 aromatic carbocycles. The topological polar surface area (TPSA) is 71.0 Å². The molecule has 0 spiro atoms. The number of amides is 2. The average molecular weight is 486 g/mol. The molecule has 8 heteroatoms. The molecule has 1 aliphatic heterocycles. The summed E-state index contributed by atoms with van der Waals surface area (Å²) in [5.41, 5.74) is 0.961. The minimum atomic E-state index is -0.820. The largest absolute Gasteiger partial charge is 0.444 e. The Balaban J connectivity index is 1.90. The Kier molecular flexibility index (Phi) is 8.02. The molecule has 3 rings (SSSR count). The van der Waals surface area contributed by atoms with E-state index in [-0.39, 0.29) is 17.6 Å². The van der Waals surface area contributed by atoms with E-state index in [9.17, 15) is 14.0 Å². The third-order valence-corrected chi connectivity index (χ3v) is 6.62. The number of carbonyl (C=O) groups excluding carboxylic acids is 2. The van der Waals surface area contributed by atoms with Gasteiger partial charge in [-0.05, 0) is 51.3 Å². The minimum Gasteiger partial charge on any atom is -0.444 e. The second-order valence-electron chi connectivity index (χ2n) is 9.50. The first-order chi connectivity index (χ1) is 16.0. The molecule has 1 N–H and O–H groups in total. The first-order valence-corrected chi connectivity index (χ1v) is 12.2. The van der Waals surface area contributed by atoms with Crippen LogP contribution >= 0.6 is 11.8 Å². The van der Waals surface area contributed by atoms with Gasteiger partial charge < -0.3 is 10.1 Å². The number of nitrogens with zero attached hydrogens (tertiary/aromatic N) is 2. The molecule has 0 fully saturated rings. The molecule has 1 atom stereocenters. The maximum Gasteiger partial charge on any atom is 0.407 e. The SMILES string of the molecule is CC(C)C(=O)N1N=C(c2cccc(F)c2)SC1(CCCNC(=O)OC(C)(C)C)c1ccccc1. The van der Waals surface area contributed by atoms with Gasteiger partial charge in [-0.2, -0.15) is 5.10 Å². The number of hydrogen-bond acceptors (Lipinski definition) is 5. The first kappa shape index (κ1) is 25.7. The van der Waals surface area contributed by atoms with Crippen LogP contribution in [-0.2, 0) is 14.4 Å². The monoisotopic (exact) mass is 485 g/mol. The van der Waals surface area contributed by atoms with Gasteiger partial charge in [0.2, 0.25) is 5.91 Å². The fourth-order valence-corrected chi connectivity index (χ4v) is 5.02. The van der Waals surface area contributed by atoms with Gasteiger partial charge in [0, 0.05) is 18.0 Å². The van der Waals surface area contributed by atoms with Gasteiger partial charge in [-0.25, -0.2) is 14.2 Å². The lowest BCUT2D eigenvalue weighted by molar-refractivity contribution is -0.138. The Morgan fingerprint density at radius 2 is 1.85 bits per heavy atom. The van der Waals surface area contributed by atoms with E-state index in [0.717, 1.165) is 5.56 Å². The number of carbonyl (C=O) groups is 2. The predicted octanol–water partition coefficient (Wildman–Crippen LogP) is 5.88. The van der Waals surface area contributed by atoms with Gasteiger partial charge in [0.1, 0.15) is 21.3 Å². The zero-order valence-corrected chi connectivity index (χ0v) is 21.1. The zero-order valence-electron chi connectivity index (χ0n) is 20.3. The van der Waals surface area contributed by atoms with E-state index >= 15 is 0 Å². The van der Waals surface area contributed by atoms with E-state index in [4.69, 9.17) is 9.84 Å². The maximum atomic E-state index is 14.0. The fourth-order valence-electron chi connectivity index (χ4n) is 3.62. The number of alkyl carbamates (subject to hydrolysis) is 1. The Morgan fingerprint density at radius 1 is 1.15 bits per heavy atom. The summed E-state index contributed by atoms with van der Waals surface area (Å²) in [7, 11) is 0. The summed E-state index contributed by atoms with van der Waals surface area (Å²) in [5, 5.41) is 9.61. The Bertz CT molecular complexity index is 1050. The molecule has 0 saturated heterocycles. The van der Waals surface area contributed by atoms with Gasteiger partial charge in [-0.1, -0.05) is 68.1 Å². The van der Waals surface area contributed by atoms with Crippen molar-refractivity contribution in [2.24, 2.45) is 11.0 Å². The fraction of sp³-hybridized carbons (Fsp3) is 0.423. The van der Waals surface area contributed by atoms with Crippen LogP contribution in [0.3, 0.4) is 0 Å². The number of nitrogens with one attached hydrogen (secondary N) is 1. The minimum absolute atomic E-state index is 0.122. The van der Waals surface area contributed by atoms with Crippen molar-refractivity contribution < 1.29 is 18.7 Å². The number of thioether (sulfide) groups is 1. The van der Waals surface area contributed by atoms with Crippen molar-refractivity contribution in [1.29, 1.82) is 0 Å². The van der Waals surface area contributed by atoms with Crippen molar-refractivity contribution >= 4 is 28.8 Å². The summed E-state index contributed by atoms with van der Waals surface area (Å²) in [6, 6.07) is 15.9. The maximum absolute atomic E-state index is 14.0. The highest BCUT2D eigenvalue weighted by molar-refractivity contribution is 8.15. The van der Waals surface area contributed by atoms with Crippen molar-refractivity contribution in [2.45, 2.75) is 57.9 Å². The van der Waals surface area contributed by atoms with Crippen LogP contribution in [0.1, 0.15) is 58.6 Å². The number of hydrogen-bond donors (Lipinski definition) is 1. The molecule has 0 bridgehead atoms. The lowest BCUT2D eigenvalue weighted by Crippen LogP contribution is -2.44. The summed E-state index contributed by atoms with van der Waals surface area (Å²) < 4.78 is 19.3. The molecule has 2 aromatic rings. The van der Waals surface area contributed by atoms with Gasteiger partial charge in [-0.3, -0.25) is 4.79 Å². The molecule has 0 radical (unpaired) electrons. The highest BCUT2D eigenvalue weighted by Gasteiger charge is 2.48. The van der Waals surface area contributed by atoms with Crippen molar-refractivity contribution in [3.8, 4) is 0 Å². The molecule has 0 aliphatic carbocycles. The molecule has 2 amide bonds. The predicted molar refractivity (Wildman–Crippen MR) is 134 cm³/mol. The molecule has 0 aromatic heterocycles. The van der Waals surface area contributed by atoms with Gasteiger partial charge in [0.25, 0.3) is 0 Å². The second kappa shape index (κ2) is 10.6. The van der Waals surface area contributed by atoms with Gasteiger partial charge in [-0.15, -0.1) is 0 Å². The Hall–Kier alpha value is -2.87. The quantitative estimate of drug-likeness (QED) is 0.498. The zero-order chi connectivity index (χ0) is 24.9. The molecule has 182 valence electrons. The summed E-state index contributed by atoms with van der Waals surface area (Å²) in [4.78, 5) is 24.6. The van der Waals surface area contributed by atoms with Gasteiger partial charge in [0.15, 0.2) is 0 Å². The number of hydrazone groups is 1. The number of halogens is 1. The molecule has 1 aliphatic rings. The normalized spacial score (nSPS) is 18.1. The summed E-state index contributed by atoms with van der Waals surface area (Å²) in [6.07, 6.45) is 0.625. The van der Waals surface area contributed by atoms with Crippen LogP contribution in [0.4, 0.5) is 9.18 Å². The van der Waals surface area contributed by atoms with Crippen LogP contribution in [0, 0.1) is 11.7 Å². The third-order valence-electron chi connectivity index (χ3n) is 5.16. The van der Waals surface area contributed by atoms with E-state index in [1.54, 1.807) is 17.1 Å². The van der Waals surface area contributed by atoms with Crippen LogP contribution in [0.2, 0.25) is 0 Å². The Morgan fingerprint density at radius 3 is 2.47 bits per heavy atom. The number of ether oxygens (including phenoxy) is 1. The molecular weight excluding hydrogens is 453 g/mol. The standard InChI is InChI=1S/C26H32FN3O3S/c1-18(2)23(31)30-26(20-12-7-6-8-13-20,15-10-16-28-24(32)33-25(3,4)5)34-22(29-30)19-11-9-14-21(27)17-19/h6-9,11-14,17-18H,10,15-16H2,1-5H3,(H,28,32). The van der Waals surface area contributed by atoms with E-state index < -0.39 is 16.6 Å². The first-order valence-electron chi connectivity index (χ1n) is 11.4. The highest BCUT2D eigenvalue weighted by Crippen LogP contribution is 2.50. The van der Waals surface area contributed by atoms with Crippen LogP contribution in [0.25, 0.3) is 0 Å². The number of benzene rings is 2.